The number of ether oxygens (including phenoxy) is 2. The lowest BCUT2D eigenvalue weighted by Crippen LogP contribution is -2.54. The van der Waals surface area contributed by atoms with Crippen LogP contribution in [0.1, 0.15) is 142 Å². The molecule has 484 valence electrons. The first kappa shape index (κ1) is 66.9. The number of nitriles is 2. The lowest BCUT2D eigenvalue weighted by Gasteiger charge is -2.24. The van der Waals surface area contributed by atoms with Crippen molar-refractivity contribution in [3.8, 4) is 46.2 Å². The van der Waals surface area contributed by atoms with Gasteiger partial charge in [-0.3, -0.25) is 0 Å². The topological polar surface area (TPSA) is 102 Å². The minimum absolute atomic E-state index is 0.102. The maximum absolute atomic E-state index is 12.7. The molecule has 0 bridgehead atoms. The van der Waals surface area contributed by atoms with Gasteiger partial charge in [0.15, 0.2) is 0 Å². The van der Waals surface area contributed by atoms with Crippen LogP contribution in [0.4, 0.5) is 0 Å². The van der Waals surface area contributed by atoms with Gasteiger partial charge in [0.2, 0.25) is 0 Å². The van der Waals surface area contributed by atoms with Crippen molar-refractivity contribution < 1.29 is 9.47 Å². The van der Waals surface area contributed by atoms with Crippen molar-refractivity contribution in [3.63, 3.8) is 0 Å². The number of rotatable bonds is 25. The summed E-state index contributed by atoms with van der Waals surface area (Å²) in [6, 6.07) is 86.6. The average molecular weight is 1270 g/mol. The molecule has 0 aliphatic carbocycles. The van der Waals surface area contributed by atoms with Crippen LogP contribution in [-0.2, 0) is 5.41 Å². The number of hydrogen-bond acceptors (Lipinski definition) is 6. The Hall–Kier alpha value is -10.2. The molecule has 0 spiro atoms. The molecule has 12 rings (SSSR count). The molecule has 8 aromatic carbocycles. The zero-order valence-electron chi connectivity index (χ0n) is 57.9. The highest BCUT2D eigenvalue weighted by Gasteiger charge is 2.38. The highest BCUT2D eigenvalue weighted by molar-refractivity contribution is 6.85. The van der Waals surface area contributed by atoms with E-state index < -0.39 is 13.7 Å². The van der Waals surface area contributed by atoms with Crippen LogP contribution in [0.2, 0.25) is 0 Å². The molecule has 4 aromatic heterocycles. The van der Waals surface area contributed by atoms with Crippen LogP contribution in [0.25, 0.3) is 66.2 Å². The van der Waals surface area contributed by atoms with Gasteiger partial charge in [-0.15, -0.1) is 0 Å². The van der Waals surface area contributed by atoms with Crippen molar-refractivity contribution in [1.82, 2.24) is 18.9 Å². The molecule has 0 amide bonds. The van der Waals surface area contributed by atoms with E-state index in [2.05, 4.69) is 302 Å². The first-order chi connectivity index (χ1) is 47.3. The van der Waals surface area contributed by atoms with Gasteiger partial charge in [0.25, 0.3) is 0 Å². The van der Waals surface area contributed by atoms with Crippen LogP contribution >= 0.6 is 0 Å². The van der Waals surface area contributed by atoms with Gasteiger partial charge >= 0.3 is 13.7 Å². The molecule has 10 heteroatoms. The molecule has 0 N–H and O–H groups in total. The average Bonchev–Trinajstić information content (AvgIpc) is 1.52. The maximum Gasteiger partial charge on any atom is 0.328 e. The van der Waals surface area contributed by atoms with Crippen LogP contribution in [0.5, 0.6) is 11.5 Å². The van der Waals surface area contributed by atoms with Crippen molar-refractivity contribution >= 4 is 79.3 Å². The normalized spacial score (nSPS) is 12.9. The lowest BCUT2D eigenvalue weighted by molar-refractivity contribution is 0.233. The minimum atomic E-state index is -0.555. The highest BCUT2D eigenvalue weighted by atomic mass is 16.5. The van der Waals surface area contributed by atoms with Gasteiger partial charge in [0.05, 0.1) is 46.3 Å². The molecule has 2 atom stereocenters. The Bertz CT molecular complexity index is 4770. The maximum atomic E-state index is 12.7. The quantitative estimate of drug-likeness (QED) is 0.0528. The van der Waals surface area contributed by atoms with Crippen molar-refractivity contribution in [1.29, 1.82) is 10.5 Å². The summed E-state index contributed by atoms with van der Waals surface area (Å²) in [7, 11) is 0. The van der Waals surface area contributed by atoms with Gasteiger partial charge in [-0.1, -0.05) is 268 Å². The van der Waals surface area contributed by atoms with Crippen molar-refractivity contribution in [2.45, 2.75) is 125 Å². The van der Waals surface area contributed by atoms with Gasteiger partial charge in [-0.25, -0.2) is 9.97 Å². The summed E-state index contributed by atoms with van der Waals surface area (Å²) in [6.45, 7) is 20.2. The zero-order valence-corrected chi connectivity index (χ0v) is 57.9. The number of pyridine rings is 2. The van der Waals surface area contributed by atoms with E-state index in [1.165, 1.54) is 11.1 Å². The molecular weight excluding hydrogens is 1180 g/mol. The molecule has 0 fully saturated rings. The third-order valence-electron chi connectivity index (χ3n) is 19.6. The molecule has 0 aliphatic heterocycles. The molecular formula is C87H88B2N6O2. The van der Waals surface area contributed by atoms with Gasteiger partial charge in [0, 0.05) is 32.9 Å². The number of nitrogens with zero attached hydrogens (tertiary/aromatic N) is 6. The van der Waals surface area contributed by atoms with Crippen LogP contribution in [0, 0.1) is 34.5 Å². The van der Waals surface area contributed by atoms with Crippen LogP contribution in [0.15, 0.2) is 231 Å². The summed E-state index contributed by atoms with van der Waals surface area (Å²) in [5, 5.41) is 30.2. The fourth-order valence-corrected chi connectivity index (χ4v) is 14.0. The van der Waals surface area contributed by atoms with Gasteiger partial charge in [-0.05, 0) is 143 Å². The first-order valence-corrected chi connectivity index (χ1v) is 35.2. The molecule has 4 heterocycles. The zero-order chi connectivity index (χ0) is 67.6. The van der Waals surface area contributed by atoms with Crippen molar-refractivity contribution in [2.75, 3.05) is 13.2 Å². The highest BCUT2D eigenvalue weighted by Crippen LogP contribution is 2.39. The molecule has 2 unspecified atom stereocenters. The molecule has 12 aromatic rings. The standard InChI is InChI=1S/C87H88B2N6O2/c1-10-14-28-61(12-3)58-96-73-46-38-63(39-47-73)83-81-82(86(95(83)89(71-34-24-18-25-35-71)72-36-26-19-27-37-72)76(57-91)80-52-44-67-55-68(87(7,8)9)45-53-78(67)93-80)84(64-40-48-74(49-41-64)97-59-62(13-4)29-15-11-2)94(88(69-30-20-16-21-31-69)70-32-22-17-23-33-70)85(81)75(56-90)79-51-43-66-54-65(60(5)6)42-50-77(66)92-79/h16-27,30-55,60-62H,10-15,28-29,58-59H2,1-9H3/b85-75-,86-76-. The fraction of sp³-hybridized carbons (Fsp3) is 0.264. The lowest BCUT2D eigenvalue weighted by atomic mass is 9.50. The largest absolute Gasteiger partial charge is 0.493 e. The summed E-state index contributed by atoms with van der Waals surface area (Å²) < 4.78 is 18.3. The summed E-state index contributed by atoms with van der Waals surface area (Å²) >= 11 is 0. The molecule has 97 heavy (non-hydrogen) atoms. The van der Waals surface area contributed by atoms with Crippen molar-refractivity contribution in [3.05, 3.63) is 264 Å². The third kappa shape index (κ3) is 14.2. The first-order valence-electron chi connectivity index (χ1n) is 35.2. The van der Waals surface area contributed by atoms with E-state index in [1.54, 1.807) is 0 Å². The minimum Gasteiger partial charge on any atom is -0.493 e. The Morgan fingerprint density at radius 1 is 0.464 bits per heavy atom. The van der Waals surface area contributed by atoms with Crippen molar-refractivity contribution in [2.24, 2.45) is 11.8 Å². The van der Waals surface area contributed by atoms with E-state index in [9.17, 15) is 10.5 Å². The van der Waals surface area contributed by atoms with Gasteiger partial charge in [0.1, 0.15) is 34.8 Å². The molecule has 0 saturated carbocycles. The summed E-state index contributed by atoms with van der Waals surface area (Å²) in [6.07, 6.45) is 8.84. The smallest absolute Gasteiger partial charge is 0.328 e. The Morgan fingerprint density at radius 2 is 0.845 bits per heavy atom. The summed E-state index contributed by atoms with van der Waals surface area (Å²) in [4.78, 5) is 11.1. The van der Waals surface area contributed by atoms with E-state index in [1.807, 2.05) is 12.1 Å². The van der Waals surface area contributed by atoms with Crippen LogP contribution < -0.4 is 42.0 Å². The Morgan fingerprint density at radius 3 is 1.20 bits per heavy atom. The van der Waals surface area contributed by atoms with Crippen LogP contribution in [-0.4, -0.2) is 45.8 Å². The number of unbranched alkanes of at least 4 members (excludes halogenated alkanes) is 2. The SMILES string of the molecule is CCCCC(CC)COc1ccc(-c2c3/c(=C(\C#N)c4ccc5cc(C(C)(C)C)ccc5n4)n(B(c4ccccc4)c4ccccc4)c(-c4ccc(OCC(CC)CCCC)cc4)c3/c(=C(\C#N)c3ccc4cc(C(C)C)ccc4n3)n2B(c2ccccc2)c2ccccc2)cc1. The second kappa shape index (κ2) is 30.3. The van der Waals surface area contributed by atoms with Gasteiger partial charge < -0.3 is 18.4 Å². The number of hydrogen-bond donors (Lipinski definition) is 0. The van der Waals surface area contributed by atoms with E-state index >= 15 is 0 Å². The van der Waals surface area contributed by atoms with E-state index in [-0.39, 0.29) is 5.41 Å². The fourth-order valence-electron chi connectivity index (χ4n) is 14.0. The molecule has 8 nitrogen and oxygen atoms in total. The van der Waals surface area contributed by atoms with E-state index in [0.717, 1.165) is 140 Å². The van der Waals surface area contributed by atoms with E-state index in [4.69, 9.17) is 19.4 Å². The Balaban J connectivity index is 1.34. The molecule has 0 saturated heterocycles. The Kier molecular flexibility index (Phi) is 20.9. The number of fused-ring (bicyclic) bond motifs is 3. The molecule has 0 radical (unpaired) electrons. The third-order valence-corrected chi connectivity index (χ3v) is 19.6. The predicted octanol–water partition coefficient (Wildman–Crippen LogP) is 17.2. The summed E-state index contributed by atoms with van der Waals surface area (Å²) in [5.41, 5.74) is 13.0. The molecule has 0 aliphatic rings. The number of aromatic nitrogens is 4. The number of benzene rings is 8. The predicted molar refractivity (Wildman–Crippen MR) is 407 cm³/mol. The second-order valence-corrected chi connectivity index (χ2v) is 27.5. The second-order valence-electron chi connectivity index (χ2n) is 27.5. The van der Waals surface area contributed by atoms with Crippen LogP contribution in [0.3, 0.4) is 0 Å². The Labute approximate surface area is 574 Å². The summed E-state index contributed by atoms with van der Waals surface area (Å²) in [5.74, 6) is 2.68. The van der Waals surface area contributed by atoms with Gasteiger partial charge in [-0.2, -0.15) is 10.5 Å². The van der Waals surface area contributed by atoms with E-state index in [0.29, 0.717) is 64.2 Å². The monoisotopic (exact) mass is 1270 g/mol.